The maximum absolute atomic E-state index is 5.26. The minimum Gasteiger partial charge on any atom is -0.370 e. The molecule has 0 aromatic heterocycles. The van der Waals surface area contributed by atoms with E-state index in [1.54, 1.807) is 0 Å². The van der Waals surface area contributed by atoms with Crippen LogP contribution in [0.15, 0.2) is 0 Å². The van der Waals surface area contributed by atoms with E-state index in [0.29, 0.717) is 0 Å². The maximum Gasteiger partial charge on any atom is 0.0889 e. The average molecular weight is 142 g/mol. The summed E-state index contributed by atoms with van der Waals surface area (Å²) in [5.41, 5.74) is 0.434. The van der Waals surface area contributed by atoms with E-state index in [-0.39, 0.29) is 11.2 Å². The molecule has 0 amide bonds. The molecule has 58 valence electrons. The second kappa shape index (κ2) is 1.74. The van der Waals surface area contributed by atoms with Gasteiger partial charge in [0.15, 0.2) is 0 Å². The fourth-order valence-electron chi connectivity index (χ4n) is 1.06. The van der Waals surface area contributed by atoms with Crippen LogP contribution in [-0.4, -0.2) is 24.4 Å². The molecule has 0 N–H and O–H groups in total. The predicted octanol–water partition coefficient (Wildman–Crippen LogP) is 1.34. The molecule has 2 aliphatic heterocycles. The van der Waals surface area contributed by atoms with Crippen LogP contribution in [0.2, 0.25) is 0 Å². The van der Waals surface area contributed by atoms with Gasteiger partial charge in [0, 0.05) is 0 Å². The fraction of sp³-hybridized carbons (Fsp3) is 1.00. The molecular weight excluding hydrogens is 128 g/mol. The number of epoxide rings is 2. The summed E-state index contributed by atoms with van der Waals surface area (Å²) in [6.45, 7) is 6.23. The minimum atomic E-state index is 0.217. The molecule has 0 aromatic rings. The van der Waals surface area contributed by atoms with Crippen molar-refractivity contribution in [3.63, 3.8) is 0 Å². The molecule has 2 heteroatoms. The van der Waals surface area contributed by atoms with Crippen molar-refractivity contribution in [2.75, 3.05) is 13.2 Å². The van der Waals surface area contributed by atoms with Gasteiger partial charge in [-0.05, 0) is 26.7 Å². The van der Waals surface area contributed by atoms with Gasteiger partial charge in [0.1, 0.15) is 0 Å². The van der Waals surface area contributed by atoms with Crippen LogP contribution in [0.5, 0.6) is 0 Å². The lowest BCUT2D eigenvalue weighted by Crippen LogP contribution is -2.11. The summed E-state index contributed by atoms with van der Waals surface area (Å²) >= 11 is 0. The Morgan fingerprint density at radius 2 is 1.30 bits per heavy atom. The molecule has 10 heavy (non-hydrogen) atoms. The van der Waals surface area contributed by atoms with Crippen molar-refractivity contribution in [1.82, 2.24) is 0 Å². The lowest BCUT2D eigenvalue weighted by atomic mass is 9.99. The molecule has 2 atom stereocenters. The molecule has 0 saturated carbocycles. The van der Waals surface area contributed by atoms with Crippen molar-refractivity contribution in [1.29, 1.82) is 0 Å². The summed E-state index contributed by atoms with van der Waals surface area (Å²) in [5, 5.41) is 0. The third-order valence-electron chi connectivity index (χ3n) is 2.46. The molecular formula is C8H14O2. The Balaban J connectivity index is 1.72. The van der Waals surface area contributed by atoms with Gasteiger partial charge in [-0.1, -0.05) is 0 Å². The zero-order chi connectivity index (χ0) is 7.24. The van der Waals surface area contributed by atoms with Gasteiger partial charge in [-0.3, -0.25) is 0 Å². The highest BCUT2D eigenvalue weighted by Crippen LogP contribution is 2.38. The highest BCUT2D eigenvalue weighted by atomic mass is 16.6. The van der Waals surface area contributed by atoms with Crippen LogP contribution in [0.1, 0.15) is 26.7 Å². The van der Waals surface area contributed by atoms with E-state index >= 15 is 0 Å². The highest BCUT2D eigenvalue weighted by molar-refractivity contribution is 4.94. The second-order valence-corrected chi connectivity index (χ2v) is 3.98. The standard InChI is InChI=1S/C8H14O2/c1-7(5-9-7)3-4-8(2)6-10-8/h3-6H2,1-2H3. The van der Waals surface area contributed by atoms with E-state index in [4.69, 9.17) is 9.47 Å². The predicted molar refractivity (Wildman–Crippen MR) is 37.9 cm³/mol. The molecule has 2 unspecified atom stereocenters. The van der Waals surface area contributed by atoms with Crippen molar-refractivity contribution in [3.05, 3.63) is 0 Å². The first-order valence-electron chi connectivity index (χ1n) is 3.90. The molecule has 2 rings (SSSR count). The Bertz CT molecular complexity index is 127. The van der Waals surface area contributed by atoms with E-state index in [9.17, 15) is 0 Å². The molecule has 2 fully saturated rings. The zero-order valence-corrected chi connectivity index (χ0v) is 6.64. The second-order valence-electron chi connectivity index (χ2n) is 3.98. The summed E-state index contributed by atoms with van der Waals surface area (Å²) < 4.78 is 10.5. The van der Waals surface area contributed by atoms with Crippen molar-refractivity contribution < 1.29 is 9.47 Å². The monoisotopic (exact) mass is 142 g/mol. The summed E-state index contributed by atoms with van der Waals surface area (Å²) in [4.78, 5) is 0. The number of hydrogen-bond donors (Lipinski definition) is 0. The normalized spacial score (nSPS) is 51.0. The molecule has 2 saturated heterocycles. The first kappa shape index (κ1) is 6.62. The third kappa shape index (κ3) is 1.32. The van der Waals surface area contributed by atoms with Crippen molar-refractivity contribution in [2.24, 2.45) is 0 Å². The molecule has 0 bridgehead atoms. The third-order valence-corrected chi connectivity index (χ3v) is 2.46. The molecule has 0 spiro atoms. The maximum atomic E-state index is 5.26. The van der Waals surface area contributed by atoms with Crippen LogP contribution < -0.4 is 0 Å². The van der Waals surface area contributed by atoms with Crippen LogP contribution in [-0.2, 0) is 9.47 Å². The van der Waals surface area contributed by atoms with Gasteiger partial charge >= 0.3 is 0 Å². The van der Waals surface area contributed by atoms with Crippen LogP contribution in [0.4, 0.5) is 0 Å². The smallest absolute Gasteiger partial charge is 0.0889 e. The Hall–Kier alpha value is -0.0800. The van der Waals surface area contributed by atoms with Gasteiger partial charge in [0.2, 0.25) is 0 Å². The van der Waals surface area contributed by atoms with E-state index in [0.717, 1.165) is 26.1 Å². The van der Waals surface area contributed by atoms with Gasteiger partial charge in [-0.15, -0.1) is 0 Å². The molecule has 0 radical (unpaired) electrons. The van der Waals surface area contributed by atoms with Crippen molar-refractivity contribution in [3.8, 4) is 0 Å². The largest absolute Gasteiger partial charge is 0.370 e. The number of hydrogen-bond acceptors (Lipinski definition) is 2. The minimum absolute atomic E-state index is 0.217. The van der Waals surface area contributed by atoms with Crippen LogP contribution in [0.25, 0.3) is 0 Å². The summed E-state index contributed by atoms with van der Waals surface area (Å²) in [6.07, 6.45) is 2.31. The summed E-state index contributed by atoms with van der Waals surface area (Å²) in [7, 11) is 0. The number of ether oxygens (including phenoxy) is 2. The SMILES string of the molecule is CC1(CCC2(C)CO2)CO1. The molecule has 2 heterocycles. The Morgan fingerprint density at radius 3 is 1.50 bits per heavy atom. The van der Waals surface area contributed by atoms with Gasteiger partial charge < -0.3 is 9.47 Å². The topological polar surface area (TPSA) is 25.1 Å². The molecule has 0 aliphatic carbocycles. The first-order chi connectivity index (χ1) is 4.62. The van der Waals surface area contributed by atoms with Crippen molar-refractivity contribution >= 4 is 0 Å². The van der Waals surface area contributed by atoms with E-state index in [2.05, 4.69) is 13.8 Å². The number of rotatable bonds is 3. The van der Waals surface area contributed by atoms with Crippen LogP contribution >= 0.6 is 0 Å². The average Bonchev–Trinajstić information content (AvgIpc) is 2.72. The Labute approximate surface area is 61.5 Å². The van der Waals surface area contributed by atoms with E-state index in [1.165, 1.54) is 0 Å². The summed E-state index contributed by atoms with van der Waals surface area (Å²) in [6, 6.07) is 0. The van der Waals surface area contributed by atoms with Crippen LogP contribution in [0, 0.1) is 0 Å². The van der Waals surface area contributed by atoms with Crippen LogP contribution in [0.3, 0.4) is 0 Å². The molecule has 0 aromatic carbocycles. The first-order valence-corrected chi connectivity index (χ1v) is 3.90. The highest BCUT2D eigenvalue weighted by Gasteiger charge is 2.45. The lowest BCUT2D eigenvalue weighted by Gasteiger charge is -2.06. The zero-order valence-electron chi connectivity index (χ0n) is 6.64. The Morgan fingerprint density at radius 1 is 1.00 bits per heavy atom. The van der Waals surface area contributed by atoms with Gasteiger partial charge in [-0.25, -0.2) is 0 Å². The van der Waals surface area contributed by atoms with Gasteiger partial charge in [-0.2, -0.15) is 0 Å². The molecule has 2 nitrogen and oxygen atoms in total. The molecule has 2 aliphatic rings. The summed E-state index contributed by atoms with van der Waals surface area (Å²) in [5.74, 6) is 0. The van der Waals surface area contributed by atoms with E-state index < -0.39 is 0 Å². The van der Waals surface area contributed by atoms with E-state index in [1.807, 2.05) is 0 Å². The van der Waals surface area contributed by atoms with Gasteiger partial charge in [0.05, 0.1) is 24.4 Å². The Kier molecular flexibility index (Phi) is 1.15. The lowest BCUT2D eigenvalue weighted by molar-refractivity contribution is 0.254. The van der Waals surface area contributed by atoms with Crippen molar-refractivity contribution in [2.45, 2.75) is 37.9 Å². The van der Waals surface area contributed by atoms with Gasteiger partial charge in [0.25, 0.3) is 0 Å². The fourth-order valence-corrected chi connectivity index (χ4v) is 1.06. The quantitative estimate of drug-likeness (QED) is 0.555.